The Bertz CT molecular complexity index is 258. The largest absolute Gasteiger partial charge is 0.330 e. The van der Waals surface area contributed by atoms with Gasteiger partial charge >= 0.3 is 0 Å². The van der Waals surface area contributed by atoms with E-state index in [1.165, 1.54) is 0 Å². The van der Waals surface area contributed by atoms with Crippen LogP contribution in [0.4, 0.5) is 0 Å². The third-order valence-corrected chi connectivity index (χ3v) is 3.30. The summed E-state index contributed by atoms with van der Waals surface area (Å²) in [5, 5.41) is 1.47. The molecule has 2 N–H and O–H groups in total. The Kier molecular flexibility index (Phi) is 4.96. The summed E-state index contributed by atoms with van der Waals surface area (Å²) in [6.07, 6.45) is 0. The molecule has 1 aromatic rings. The first kappa shape index (κ1) is 11.2. The summed E-state index contributed by atoms with van der Waals surface area (Å²) in [5.74, 6) is 1.76. The van der Waals surface area contributed by atoms with E-state index in [1.807, 2.05) is 18.2 Å². The minimum absolute atomic E-state index is 0.687. The quantitative estimate of drug-likeness (QED) is 0.812. The van der Waals surface area contributed by atoms with E-state index in [2.05, 4.69) is 0 Å². The van der Waals surface area contributed by atoms with Crippen LogP contribution >= 0.6 is 35.0 Å². The van der Waals surface area contributed by atoms with Crippen molar-refractivity contribution >= 4 is 35.0 Å². The molecule has 0 fully saturated rings. The minimum Gasteiger partial charge on any atom is -0.330 e. The van der Waals surface area contributed by atoms with E-state index >= 15 is 0 Å². The summed E-state index contributed by atoms with van der Waals surface area (Å²) < 4.78 is 0. The summed E-state index contributed by atoms with van der Waals surface area (Å²) in [5.41, 5.74) is 6.39. The van der Waals surface area contributed by atoms with E-state index in [1.54, 1.807) is 11.8 Å². The molecule has 1 nitrogen and oxygen atoms in total. The minimum atomic E-state index is 0.687. The molecule has 72 valence electrons. The van der Waals surface area contributed by atoms with Crippen molar-refractivity contribution in [1.82, 2.24) is 0 Å². The van der Waals surface area contributed by atoms with Crippen molar-refractivity contribution in [3.63, 3.8) is 0 Å². The maximum atomic E-state index is 5.98. The third-order valence-electron chi connectivity index (χ3n) is 1.57. The SMILES string of the molecule is NCCSCc1c(Cl)cccc1Cl. The molecule has 0 heterocycles. The molecule has 1 aromatic carbocycles. The molecule has 0 bridgehead atoms. The van der Waals surface area contributed by atoms with Crippen molar-refractivity contribution in [2.45, 2.75) is 5.75 Å². The fourth-order valence-electron chi connectivity index (χ4n) is 0.928. The van der Waals surface area contributed by atoms with Crippen LogP contribution in [0.5, 0.6) is 0 Å². The number of thioether (sulfide) groups is 1. The topological polar surface area (TPSA) is 26.0 Å². The molecule has 0 aliphatic carbocycles. The normalized spacial score (nSPS) is 10.4. The lowest BCUT2D eigenvalue weighted by atomic mass is 10.2. The first-order valence-corrected chi connectivity index (χ1v) is 5.87. The van der Waals surface area contributed by atoms with E-state index in [9.17, 15) is 0 Å². The second kappa shape index (κ2) is 5.76. The van der Waals surface area contributed by atoms with Crippen LogP contribution in [0.1, 0.15) is 5.56 Å². The first-order valence-electron chi connectivity index (χ1n) is 3.96. The van der Waals surface area contributed by atoms with Gasteiger partial charge in [0, 0.05) is 28.1 Å². The van der Waals surface area contributed by atoms with Crippen molar-refractivity contribution in [2.75, 3.05) is 12.3 Å². The number of hydrogen-bond donors (Lipinski definition) is 1. The lowest BCUT2D eigenvalue weighted by molar-refractivity contribution is 1.15. The highest BCUT2D eigenvalue weighted by Crippen LogP contribution is 2.27. The van der Waals surface area contributed by atoms with Gasteiger partial charge in [0.1, 0.15) is 0 Å². The van der Waals surface area contributed by atoms with Crippen LogP contribution in [0.2, 0.25) is 10.0 Å². The van der Waals surface area contributed by atoms with Crippen LogP contribution in [0, 0.1) is 0 Å². The molecule has 0 atom stereocenters. The van der Waals surface area contributed by atoms with Gasteiger partial charge in [0.05, 0.1) is 0 Å². The van der Waals surface area contributed by atoms with Gasteiger partial charge in [0.15, 0.2) is 0 Å². The molecule has 0 aromatic heterocycles. The molecule has 0 unspecified atom stereocenters. The van der Waals surface area contributed by atoms with Gasteiger partial charge in [0.2, 0.25) is 0 Å². The van der Waals surface area contributed by atoms with E-state index < -0.39 is 0 Å². The summed E-state index contributed by atoms with van der Waals surface area (Å²) >= 11 is 13.7. The first-order chi connectivity index (χ1) is 6.25. The zero-order valence-electron chi connectivity index (χ0n) is 7.09. The van der Waals surface area contributed by atoms with Gasteiger partial charge in [-0.1, -0.05) is 29.3 Å². The highest BCUT2D eigenvalue weighted by molar-refractivity contribution is 7.98. The Balaban J connectivity index is 2.64. The monoisotopic (exact) mass is 235 g/mol. The van der Waals surface area contributed by atoms with E-state index in [4.69, 9.17) is 28.9 Å². The molecule has 1 rings (SSSR count). The average Bonchev–Trinajstić information content (AvgIpc) is 2.10. The lowest BCUT2D eigenvalue weighted by Crippen LogP contribution is -2.01. The van der Waals surface area contributed by atoms with Crippen molar-refractivity contribution in [3.05, 3.63) is 33.8 Å². The predicted octanol–water partition coefficient (Wildman–Crippen LogP) is 3.19. The van der Waals surface area contributed by atoms with Crippen LogP contribution in [-0.4, -0.2) is 12.3 Å². The Morgan fingerprint density at radius 2 is 1.85 bits per heavy atom. The smallest absolute Gasteiger partial charge is 0.0461 e. The molecule has 0 aliphatic rings. The maximum absolute atomic E-state index is 5.98. The van der Waals surface area contributed by atoms with Crippen molar-refractivity contribution in [1.29, 1.82) is 0 Å². The van der Waals surface area contributed by atoms with Crippen LogP contribution in [0.3, 0.4) is 0 Å². The molecule has 0 saturated carbocycles. The fraction of sp³-hybridized carbons (Fsp3) is 0.333. The van der Waals surface area contributed by atoms with Crippen LogP contribution in [0.25, 0.3) is 0 Å². The van der Waals surface area contributed by atoms with Gasteiger partial charge < -0.3 is 5.73 Å². The summed E-state index contributed by atoms with van der Waals surface area (Å²) in [4.78, 5) is 0. The Labute approximate surface area is 92.6 Å². The highest BCUT2D eigenvalue weighted by atomic mass is 35.5. The number of rotatable bonds is 4. The van der Waals surface area contributed by atoms with Gasteiger partial charge in [0.25, 0.3) is 0 Å². The Hall–Kier alpha value is 0.110. The van der Waals surface area contributed by atoms with E-state index in [0.29, 0.717) is 6.54 Å². The van der Waals surface area contributed by atoms with E-state index in [-0.39, 0.29) is 0 Å². The summed E-state index contributed by atoms with van der Waals surface area (Å²) in [7, 11) is 0. The average molecular weight is 236 g/mol. The maximum Gasteiger partial charge on any atom is 0.0461 e. The standard InChI is InChI=1S/C9H11Cl2NS/c10-8-2-1-3-9(11)7(8)6-13-5-4-12/h1-3H,4-6,12H2. The highest BCUT2D eigenvalue weighted by Gasteiger charge is 2.04. The molecule has 0 radical (unpaired) electrons. The molecular formula is C9H11Cl2NS. The lowest BCUT2D eigenvalue weighted by Gasteiger charge is -2.05. The zero-order chi connectivity index (χ0) is 9.68. The van der Waals surface area contributed by atoms with Crippen LogP contribution < -0.4 is 5.73 Å². The second-order valence-corrected chi connectivity index (χ2v) is 4.46. The second-order valence-electron chi connectivity index (χ2n) is 2.54. The fourth-order valence-corrected chi connectivity index (χ4v) is 2.44. The number of benzene rings is 1. The van der Waals surface area contributed by atoms with E-state index in [0.717, 1.165) is 27.1 Å². The van der Waals surface area contributed by atoms with Gasteiger partial charge in [-0.25, -0.2) is 0 Å². The summed E-state index contributed by atoms with van der Waals surface area (Å²) in [6.45, 7) is 0.687. The van der Waals surface area contributed by atoms with Crippen molar-refractivity contribution in [3.8, 4) is 0 Å². The van der Waals surface area contributed by atoms with Gasteiger partial charge in [-0.3, -0.25) is 0 Å². The van der Waals surface area contributed by atoms with Gasteiger partial charge in [-0.2, -0.15) is 11.8 Å². The van der Waals surface area contributed by atoms with Crippen LogP contribution in [0.15, 0.2) is 18.2 Å². The van der Waals surface area contributed by atoms with Crippen LogP contribution in [-0.2, 0) is 5.75 Å². The van der Waals surface area contributed by atoms with Gasteiger partial charge in [-0.15, -0.1) is 0 Å². The molecule has 0 spiro atoms. The predicted molar refractivity (Wildman–Crippen MR) is 61.7 cm³/mol. The number of halogens is 2. The van der Waals surface area contributed by atoms with Gasteiger partial charge in [-0.05, 0) is 17.7 Å². The molecule has 0 amide bonds. The zero-order valence-corrected chi connectivity index (χ0v) is 9.42. The molecule has 4 heteroatoms. The van der Waals surface area contributed by atoms with Crippen molar-refractivity contribution in [2.24, 2.45) is 5.73 Å². The molecular weight excluding hydrogens is 225 g/mol. The number of hydrogen-bond acceptors (Lipinski definition) is 2. The number of nitrogens with two attached hydrogens (primary N) is 1. The molecule has 13 heavy (non-hydrogen) atoms. The Morgan fingerprint density at radius 1 is 1.23 bits per heavy atom. The summed E-state index contributed by atoms with van der Waals surface area (Å²) in [6, 6.07) is 5.55. The molecule has 0 aliphatic heterocycles. The van der Waals surface area contributed by atoms with Crippen molar-refractivity contribution < 1.29 is 0 Å². The molecule has 0 saturated heterocycles. The Morgan fingerprint density at radius 3 is 2.38 bits per heavy atom. The third kappa shape index (κ3) is 3.39.